The zero-order chi connectivity index (χ0) is 25.9. The van der Waals surface area contributed by atoms with Gasteiger partial charge in [0.2, 0.25) is 11.1 Å². The van der Waals surface area contributed by atoms with Crippen LogP contribution in [-0.2, 0) is 9.59 Å². The second kappa shape index (κ2) is 10.00. The Balaban J connectivity index is 1.56. The molecule has 0 N–H and O–H groups in total. The number of hydrogen-bond acceptors (Lipinski definition) is 6. The maximum absolute atomic E-state index is 14.0. The molecule has 3 aromatic carbocycles. The van der Waals surface area contributed by atoms with Crippen molar-refractivity contribution in [3.63, 3.8) is 0 Å². The number of anilines is 2. The highest BCUT2D eigenvalue weighted by Crippen LogP contribution is 2.30. The lowest BCUT2D eigenvalue weighted by Gasteiger charge is -2.33. The quantitative estimate of drug-likeness (QED) is 0.194. The molecule has 1 aliphatic rings. The normalized spacial score (nSPS) is 13.7. The minimum atomic E-state index is -0.818. The monoisotopic (exact) mass is 514 g/mol. The van der Waals surface area contributed by atoms with E-state index in [1.54, 1.807) is 72.8 Å². The summed E-state index contributed by atoms with van der Waals surface area (Å²) in [5, 5.41) is -0.195. The third-order valence-corrected chi connectivity index (χ3v) is 5.53. The lowest BCUT2D eigenvalue weighted by molar-refractivity contribution is -0.121. The Morgan fingerprint density at radius 1 is 0.811 bits per heavy atom. The Morgan fingerprint density at radius 2 is 1.41 bits per heavy atom. The summed E-state index contributed by atoms with van der Waals surface area (Å²) >= 11 is 5.73. The average molecular weight is 515 g/mol. The van der Waals surface area contributed by atoms with Gasteiger partial charge in [0.25, 0.3) is 17.7 Å². The lowest BCUT2D eigenvalue weighted by atomic mass is 10.0. The van der Waals surface area contributed by atoms with Crippen molar-refractivity contribution in [1.82, 2.24) is 9.97 Å². The summed E-state index contributed by atoms with van der Waals surface area (Å²) in [5.41, 5.74) is 0.765. The molecule has 0 unspecified atom stereocenters. The maximum Gasteiger partial charge on any atom is 0.343 e. The number of nitrogens with zero attached hydrogens (tertiary/aromatic N) is 4. The van der Waals surface area contributed by atoms with E-state index >= 15 is 0 Å². The van der Waals surface area contributed by atoms with Crippen molar-refractivity contribution in [3.8, 4) is 11.6 Å². The third kappa shape index (κ3) is 4.80. The molecule has 0 saturated carbocycles. The van der Waals surface area contributed by atoms with E-state index in [-0.39, 0.29) is 22.5 Å². The first-order valence-corrected chi connectivity index (χ1v) is 11.3. The molecule has 2 heterocycles. The van der Waals surface area contributed by atoms with Crippen molar-refractivity contribution in [3.05, 3.63) is 113 Å². The molecular weight excluding hydrogens is 499 g/mol. The molecule has 0 spiro atoms. The van der Waals surface area contributed by atoms with E-state index < -0.39 is 23.7 Å². The second-order valence-corrected chi connectivity index (χ2v) is 8.10. The molecule has 10 heteroatoms. The highest BCUT2D eigenvalue weighted by atomic mass is 35.5. The predicted octanol–water partition coefficient (Wildman–Crippen LogP) is 5.64. The Labute approximate surface area is 215 Å². The Bertz CT molecular complexity index is 1480. The number of carbonyl (C=O) groups is 3. The van der Waals surface area contributed by atoms with Crippen LogP contribution in [0, 0.1) is 5.82 Å². The summed E-state index contributed by atoms with van der Waals surface area (Å²) in [7, 11) is 0. The number of para-hydroxylation sites is 2. The van der Waals surface area contributed by atoms with Gasteiger partial charge in [-0.1, -0.05) is 48.5 Å². The van der Waals surface area contributed by atoms with E-state index in [0.29, 0.717) is 16.9 Å². The molecule has 37 heavy (non-hydrogen) atoms. The molecule has 182 valence electrons. The molecule has 0 radical (unpaired) electrons. The van der Waals surface area contributed by atoms with Gasteiger partial charge in [-0.3, -0.25) is 9.59 Å². The zero-order valence-electron chi connectivity index (χ0n) is 18.9. The van der Waals surface area contributed by atoms with E-state index in [1.165, 1.54) is 18.2 Å². The maximum atomic E-state index is 14.0. The van der Waals surface area contributed by atoms with Gasteiger partial charge in [0.05, 0.1) is 17.6 Å². The zero-order valence-corrected chi connectivity index (χ0v) is 19.7. The van der Waals surface area contributed by atoms with Crippen LogP contribution in [0.4, 0.5) is 20.6 Å². The molecule has 0 atom stereocenters. The lowest BCUT2D eigenvalue weighted by Crippen LogP contribution is -2.57. The number of hydrogen-bond donors (Lipinski definition) is 0. The molecule has 5 rings (SSSR count). The predicted molar refractivity (Wildman–Crippen MR) is 135 cm³/mol. The van der Waals surface area contributed by atoms with Gasteiger partial charge in [-0.15, -0.1) is 0 Å². The van der Waals surface area contributed by atoms with E-state index in [2.05, 4.69) is 9.97 Å². The van der Waals surface area contributed by atoms with Crippen LogP contribution < -0.4 is 14.5 Å². The van der Waals surface area contributed by atoms with Crippen molar-refractivity contribution in [2.45, 2.75) is 0 Å². The Morgan fingerprint density at radius 3 is 2.00 bits per heavy atom. The van der Waals surface area contributed by atoms with Crippen molar-refractivity contribution >= 4 is 46.9 Å². The van der Waals surface area contributed by atoms with Crippen molar-refractivity contribution < 1.29 is 23.5 Å². The van der Waals surface area contributed by atoms with Gasteiger partial charge in [-0.2, -0.15) is 9.37 Å². The number of benzene rings is 3. The van der Waals surface area contributed by atoms with Crippen molar-refractivity contribution in [2.75, 3.05) is 9.80 Å². The highest BCUT2D eigenvalue weighted by molar-refractivity contribution is 6.46. The fourth-order valence-corrected chi connectivity index (χ4v) is 3.81. The summed E-state index contributed by atoms with van der Waals surface area (Å²) in [4.78, 5) is 49.4. The van der Waals surface area contributed by atoms with E-state index in [1.807, 2.05) is 0 Å². The van der Waals surface area contributed by atoms with Gasteiger partial charge >= 0.3 is 6.03 Å². The van der Waals surface area contributed by atoms with Crippen LogP contribution in [0.3, 0.4) is 0 Å². The summed E-state index contributed by atoms with van der Waals surface area (Å²) in [5.74, 6) is -2.59. The molecule has 0 aliphatic carbocycles. The average Bonchev–Trinajstić information content (AvgIpc) is 2.90. The molecule has 1 saturated heterocycles. The van der Waals surface area contributed by atoms with Crippen LogP contribution in [0.15, 0.2) is 96.7 Å². The molecule has 1 aliphatic heterocycles. The van der Waals surface area contributed by atoms with Gasteiger partial charge in [0.1, 0.15) is 11.3 Å². The number of aromatic nitrogens is 2. The number of imide groups is 2. The molecule has 4 amide bonds. The fraction of sp³-hybridized carbons (Fsp3) is 0. The number of ether oxygens (including phenoxy) is 1. The topological polar surface area (TPSA) is 92.7 Å². The van der Waals surface area contributed by atoms with E-state index in [4.69, 9.17) is 16.3 Å². The van der Waals surface area contributed by atoms with E-state index in [9.17, 15) is 18.8 Å². The van der Waals surface area contributed by atoms with Gasteiger partial charge < -0.3 is 4.74 Å². The smallest absolute Gasteiger partial charge is 0.343 e. The largest absolute Gasteiger partial charge is 0.436 e. The van der Waals surface area contributed by atoms with Crippen LogP contribution >= 0.6 is 11.6 Å². The van der Waals surface area contributed by atoms with Crippen LogP contribution in [0.5, 0.6) is 11.6 Å². The summed E-state index contributed by atoms with van der Waals surface area (Å²) in [6.07, 6.45) is 2.22. The Hall–Kier alpha value is -4.89. The summed E-state index contributed by atoms with van der Waals surface area (Å²) < 4.78 is 19.5. The molecule has 1 fully saturated rings. The molecule has 8 nitrogen and oxygen atoms in total. The number of halogens is 2. The van der Waals surface area contributed by atoms with Crippen LogP contribution in [0.1, 0.15) is 5.56 Å². The third-order valence-electron chi connectivity index (χ3n) is 5.34. The minimum Gasteiger partial charge on any atom is -0.436 e. The minimum absolute atomic E-state index is 0.176. The number of rotatable bonds is 5. The van der Waals surface area contributed by atoms with Gasteiger partial charge in [-0.05, 0) is 59.6 Å². The molecule has 1 aromatic heterocycles. The van der Waals surface area contributed by atoms with Gasteiger partial charge in [0, 0.05) is 0 Å². The highest BCUT2D eigenvalue weighted by Gasteiger charge is 2.43. The summed E-state index contributed by atoms with van der Waals surface area (Å²) in [6, 6.07) is 22.1. The molecule has 0 bridgehead atoms. The fourth-order valence-electron chi connectivity index (χ4n) is 3.69. The first-order chi connectivity index (χ1) is 17.9. The standard InChI is InChI=1S/C27H16ClFN4O4/c28-26-30-16-22(29)23(31-26)37-20-13-7-8-17(14-20)15-21-24(34)32(18-9-3-1-4-10-18)27(36)33(25(21)35)19-11-5-2-6-12-19/h1-16H. The molecule has 4 aromatic rings. The number of carbonyl (C=O) groups excluding carboxylic acids is 3. The van der Waals surface area contributed by atoms with Gasteiger partial charge in [-0.25, -0.2) is 19.6 Å². The first kappa shape index (κ1) is 23.8. The second-order valence-electron chi connectivity index (χ2n) is 7.76. The number of barbiturate groups is 1. The number of urea groups is 1. The first-order valence-electron chi connectivity index (χ1n) is 10.9. The van der Waals surface area contributed by atoms with Crippen molar-refractivity contribution in [2.24, 2.45) is 0 Å². The molecular formula is C27H16ClFN4O4. The van der Waals surface area contributed by atoms with Crippen LogP contribution in [0.2, 0.25) is 5.28 Å². The SMILES string of the molecule is O=C1C(=Cc2cccc(Oc3nc(Cl)ncc3F)c2)C(=O)N(c2ccccc2)C(=O)N1c1ccccc1. The van der Waals surface area contributed by atoms with Gasteiger partial charge in [0.15, 0.2) is 0 Å². The van der Waals surface area contributed by atoms with Crippen molar-refractivity contribution in [1.29, 1.82) is 0 Å². The van der Waals surface area contributed by atoms with E-state index in [0.717, 1.165) is 16.0 Å². The summed E-state index contributed by atoms with van der Waals surface area (Å²) in [6.45, 7) is 0. The Kier molecular flexibility index (Phi) is 6.44. The van der Waals surface area contributed by atoms with Crippen LogP contribution in [0.25, 0.3) is 6.08 Å². The van der Waals surface area contributed by atoms with Crippen LogP contribution in [-0.4, -0.2) is 27.8 Å². The number of amides is 4.